The second kappa shape index (κ2) is 6.16. The van der Waals surface area contributed by atoms with Crippen LogP contribution in [0.4, 0.5) is 11.8 Å². The average molecular weight is 326 g/mol. The highest BCUT2D eigenvalue weighted by Crippen LogP contribution is 2.32. The Labute approximate surface area is 143 Å². The number of nitrogens with zero attached hydrogens (tertiary/aromatic N) is 4. The van der Waals surface area contributed by atoms with Crippen molar-refractivity contribution >= 4 is 22.8 Å². The van der Waals surface area contributed by atoms with Gasteiger partial charge in [0.15, 0.2) is 5.65 Å². The first-order valence-corrected chi connectivity index (χ1v) is 9.04. The summed E-state index contributed by atoms with van der Waals surface area (Å²) in [6, 6.07) is 0.414. The molecule has 0 amide bonds. The number of likely N-dealkylation sites (N-methyl/N-ethyl adjacent to an activating group) is 1. The Balaban J connectivity index is 1.78. The Morgan fingerprint density at radius 3 is 2.83 bits per heavy atom. The van der Waals surface area contributed by atoms with Crippen molar-refractivity contribution < 1.29 is 0 Å². The summed E-state index contributed by atoms with van der Waals surface area (Å²) < 4.78 is 0. The molecule has 128 valence electrons. The number of hydrogen-bond acceptors (Lipinski definition) is 6. The monoisotopic (exact) mass is 326 g/mol. The molecule has 0 radical (unpaired) electrons. The quantitative estimate of drug-likeness (QED) is 0.899. The van der Waals surface area contributed by atoms with Crippen molar-refractivity contribution in [3.8, 4) is 0 Å². The van der Waals surface area contributed by atoms with Gasteiger partial charge in [-0.1, -0.05) is 0 Å². The van der Waals surface area contributed by atoms with Crippen molar-refractivity contribution in [2.75, 3.05) is 37.3 Å². The van der Waals surface area contributed by atoms with Gasteiger partial charge in [0, 0.05) is 24.8 Å². The van der Waals surface area contributed by atoms with Crippen molar-refractivity contribution in [3.05, 3.63) is 16.8 Å². The lowest BCUT2D eigenvalue weighted by molar-refractivity contribution is 0.414. The molecule has 1 saturated heterocycles. The maximum atomic E-state index is 4.87. The van der Waals surface area contributed by atoms with Crippen LogP contribution in [0.2, 0.25) is 0 Å². The molecule has 1 aliphatic heterocycles. The van der Waals surface area contributed by atoms with Gasteiger partial charge in [0.05, 0.1) is 5.39 Å². The molecule has 6 heteroatoms. The van der Waals surface area contributed by atoms with E-state index in [1.807, 2.05) is 0 Å². The van der Waals surface area contributed by atoms with Crippen LogP contribution < -0.4 is 10.6 Å². The van der Waals surface area contributed by atoms with Crippen LogP contribution in [0.3, 0.4) is 0 Å². The summed E-state index contributed by atoms with van der Waals surface area (Å²) >= 11 is 0. The van der Waals surface area contributed by atoms with Crippen LogP contribution >= 0.6 is 0 Å². The van der Waals surface area contributed by atoms with Gasteiger partial charge < -0.3 is 15.5 Å². The zero-order chi connectivity index (χ0) is 16.7. The predicted octanol–water partition coefficient (Wildman–Crippen LogP) is 2.37. The lowest BCUT2D eigenvalue weighted by atomic mass is 10.1. The zero-order valence-corrected chi connectivity index (χ0v) is 14.8. The van der Waals surface area contributed by atoms with E-state index < -0.39 is 0 Å². The molecular formula is C18H26N6. The molecule has 1 atom stereocenters. The lowest BCUT2D eigenvalue weighted by Gasteiger charge is -2.17. The number of anilines is 2. The average Bonchev–Trinajstić information content (AvgIpc) is 3.16. The molecule has 0 bridgehead atoms. The molecule has 2 N–H and O–H groups in total. The maximum Gasteiger partial charge on any atom is 0.226 e. The minimum absolute atomic E-state index is 0.414. The summed E-state index contributed by atoms with van der Waals surface area (Å²) in [5, 5.41) is 8.01. The number of hydrogen-bond donors (Lipinski definition) is 2. The van der Waals surface area contributed by atoms with Crippen LogP contribution in [0, 0.1) is 6.92 Å². The summed E-state index contributed by atoms with van der Waals surface area (Å²) in [5.41, 5.74) is 4.76. The van der Waals surface area contributed by atoms with E-state index in [9.17, 15) is 0 Å². The van der Waals surface area contributed by atoms with Gasteiger partial charge in [-0.2, -0.15) is 9.97 Å². The van der Waals surface area contributed by atoms with Gasteiger partial charge >= 0.3 is 0 Å². The van der Waals surface area contributed by atoms with Crippen molar-refractivity contribution in [1.29, 1.82) is 0 Å². The molecule has 6 nitrogen and oxygen atoms in total. The van der Waals surface area contributed by atoms with Gasteiger partial charge in [0.2, 0.25) is 5.95 Å². The van der Waals surface area contributed by atoms with Crippen molar-refractivity contribution in [1.82, 2.24) is 19.9 Å². The Kier molecular flexibility index (Phi) is 4.00. The third kappa shape index (κ3) is 2.69. The molecule has 2 aromatic rings. The molecule has 4 rings (SSSR count). The number of aryl methyl sites for hydroxylation is 2. The largest absolute Gasteiger partial charge is 0.370 e. The Bertz CT molecular complexity index is 772. The SMILES string of the molecule is CCNc1nc(N[C@@H]2CCN(C)C2)nc2nc3c(c(C)c12)CCC3. The first kappa shape index (κ1) is 15.6. The number of pyridine rings is 1. The molecule has 1 aliphatic carbocycles. The maximum absolute atomic E-state index is 4.87. The van der Waals surface area contributed by atoms with E-state index in [1.54, 1.807) is 0 Å². The first-order valence-electron chi connectivity index (χ1n) is 9.04. The van der Waals surface area contributed by atoms with Crippen molar-refractivity contribution in [3.63, 3.8) is 0 Å². The highest BCUT2D eigenvalue weighted by molar-refractivity contribution is 5.91. The molecule has 2 aliphatic rings. The van der Waals surface area contributed by atoms with E-state index >= 15 is 0 Å². The highest BCUT2D eigenvalue weighted by atomic mass is 15.2. The van der Waals surface area contributed by atoms with Crippen LogP contribution in [0.15, 0.2) is 0 Å². The van der Waals surface area contributed by atoms with Crippen LogP contribution in [0.1, 0.15) is 36.6 Å². The minimum Gasteiger partial charge on any atom is -0.370 e. The van der Waals surface area contributed by atoms with E-state index in [-0.39, 0.29) is 0 Å². The second-order valence-corrected chi connectivity index (χ2v) is 7.03. The molecule has 0 aromatic carbocycles. The summed E-state index contributed by atoms with van der Waals surface area (Å²) in [6.07, 6.45) is 4.53. The third-order valence-corrected chi connectivity index (χ3v) is 5.22. The summed E-state index contributed by atoms with van der Waals surface area (Å²) in [7, 11) is 2.15. The van der Waals surface area contributed by atoms with E-state index in [0.717, 1.165) is 55.7 Å². The molecular weight excluding hydrogens is 300 g/mol. The van der Waals surface area contributed by atoms with Crippen LogP contribution in [0.25, 0.3) is 11.0 Å². The fraction of sp³-hybridized carbons (Fsp3) is 0.611. The number of fused-ring (bicyclic) bond motifs is 2. The summed E-state index contributed by atoms with van der Waals surface area (Å²) in [4.78, 5) is 16.7. The van der Waals surface area contributed by atoms with E-state index in [0.29, 0.717) is 12.0 Å². The van der Waals surface area contributed by atoms with Gasteiger partial charge in [-0.05, 0) is 64.3 Å². The number of rotatable bonds is 4. The highest BCUT2D eigenvalue weighted by Gasteiger charge is 2.23. The van der Waals surface area contributed by atoms with Crippen LogP contribution in [-0.4, -0.2) is 52.6 Å². The second-order valence-electron chi connectivity index (χ2n) is 7.03. The van der Waals surface area contributed by atoms with Gasteiger partial charge in [-0.15, -0.1) is 0 Å². The van der Waals surface area contributed by atoms with E-state index in [4.69, 9.17) is 15.0 Å². The smallest absolute Gasteiger partial charge is 0.226 e. The van der Waals surface area contributed by atoms with Crippen LogP contribution in [0.5, 0.6) is 0 Å². The molecule has 24 heavy (non-hydrogen) atoms. The van der Waals surface area contributed by atoms with Crippen molar-refractivity contribution in [2.45, 2.75) is 45.6 Å². The fourth-order valence-electron chi connectivity index (χ4n) is 4.00. The minimum atomic E-state index is 0.414. The number of likely N-dealkylation sites (tertiary alicyclic amines) is 1. The van der Waals surface area contributed by atoms with Gasteiger partial charge in [-0.25, -0.2) is 4.98 Å². The Hall–Kier alpha value is -1.95. The Morgan fingerprint density at radius 1 is 1.21 bits per heavy atom. The normalized spacial score (nSPS) is 20.5. The number of aromatic nitrogens is 3. The fourth-order valence-corrected chi connectivity index (χ4v) is 4.00. The molecule has 3 heterocycles. The molecule has 0 unspecified atom stereocenters. The summed E-state index contributed by atoms with van der Waals surface area (Å²) in [5.74, 6) is 1.61. The topological polar surface area (TPSA) is 66.0 Å². The third-order valence-electron chi connectivity index (χ3n) is 5.22. The standard InChI is InChI=1S/C18H26N6/c1-4-19-16-15-11(2)13-6-5-7-14(13)21-17(15)23-18(22-16)20-12-8-9-24(3)10-12/h12H,4-10H2,1-3H3,(H2,19,20,21,22,23)/t12-/m1/s1. The zero-order valence-electron chi connectivity index (χ0n) is 14.8. The molecule has 0 spiro atoms. The van der Waals surface area contributed by atoms with Gasteiger partial charge in [-0.3, -0.25) is 0 Å². The first-order chi connectivity index (χ1) is 11.7. The number of nitrogens with one attached hydrogen (secondary N) is 2. The van der Waals surface area contributed by atoms with E-state index in [2.05, 4.69) is 36.4 Å². The van der Waals surface area contributed by atoms with Crippen LogP contribution in [-0.2, 0) is 12.8 Å². The van der Waals surface area contributed by atoms with Gasteiger partial charge in [0.1, 0.15) is 5.82 Å². The summed E-state index contributed by atoms with van der Waals surface area (Å²) in [6.45, 7) is 7.29. The van der Waals surface area contributed by atoms with Gasteiger partial charge in [0.25, 0.3) is 0 Å². The molecule has 1 fully saturated rings. The predicted molar refractivity (Wildman–Crippen MR) is 97.8 cm³/mol. The van der Waals surface area contributed by atoms with Crippen molar-refractivity contribution in [2.24, 2.45) is 0 Å². The lowest BCUT2D eigenvalue weighted by Crippen LogP contribution is -2.25. The Morgan fingerprint density at radius 2 is 2.08 bits per heavy atom. The molecule has 0 saturated carbocycles. The van der Waals surface area contributed by atoms with E-state index in [1.165, 1.54) is 23.2 Å². The molecule has 2 aromatic heterocycles.